The maximum Gasteiger partial charge on any atom is 0.328 e. The third-order valence-corrected chi connectivity index (χ3v) is 9.43. The molecule has 0 saturated carbocycles. The first-order valence-corrected chi connectivity index (χ1v) is 15.5. The fourth-order valence-corrected chi connectivity index (χ4v) is 7.16. The molecule has 3 aromatic carbocycles. The molecule has 3 heterocycles. The van der Waals surface area contributed by atoms with Gasteiger partial charge < -0.3 is 10.0 Å². The summed E-state index contributed by atoms with van der Waals surface area (Å²) in [7, 11) is 0. The molecule has 0 radical (unpaired) electrons. The minimum atomic E-state index is -0.381. The number of imide groups is 1. The SMILES string of the molecule is O=C1CCN(c2cnccc2CN2CCN(c3ccc([C@H]4c5ccc(O)cc5CC[C@H]4c4ccccc4)cc3)CC2)C(=O)N1. The van der Waals surface area contributed by atoms with Gasteiger partial charge in [0.25, 0.3) is 0 Å². The van der Waals surface area contributed by atoms with Crippen molar-refractivity contribution >= 4 is 23.3 Å². The van der Waals surface area contributed by atoms with Gasteiger partial charge in [-0.1, -0.05) is 48.5 Å². The van der Waals surface area contributed by atoms with Crippen LogP contribution in [0.3, 0.4) is 0 Å². The highest BCUT2D eigenvalue weighted by molar-refractivity contribution is 6.05. The Kier molecular flexibility index (Phi) is 7.75. The zero-order chi connectivity index (χ0) is 30.0. The number of nitrogens with one attached hydrogen (secondary N) is 1. The van der Waals surface area contributed by atoms with E-state index in [-0.39, 0.29) is 17.9 Å². The summed E-state index contributed by atoms with van der Waals surface area (Å²) in [5, 5.41) is 12.6. The molecule has 3 amide bonds. The molecule has 0 bridgehead atoms. The maximum atomic E-state index is 12.5. The summed E-state index contributed by atoms with van der Waals surface area (Å²) >= 11 is 0. The Morgan fingerprint density at radius 2 is 1.64 bits per heavy atom. The van der Waals surface area contributed by atoms with Gasteiger partial charge in [0.15, 0.2) is 0 Å². The normalized spacial score (nSPS) is 20.7. The molecule has 2 aliphatic heterocycles. The number of benzene rings is 3. The monoisotopic (exact) mass is 587 g/mol. The maximum absolute atomic E-state index is 12.5. The molecule has 2 fully saturated rings. The average molecular weight is 588 g/mol. The minimum absolute atomic E-state index is 0.235. The zero-order valence-electron chi connectivity index (χ0n) is 24.7. The van der Waals surface area contributed by atoms with E-state index in [1.807, 2.05) is 18.2 Å². The molecule has 7 rings (SSSR count). The number of rotatable bonds is 6. The lowest BCUT2D eigenvalue weighted by Crippen LogP contribution is -2.50. The lowest BCUT2D eigenvalue weighted by Gasteiger charge is -2.37. The molecule has 0 unspecified atom stereocenters. The molecular weight excluding hydrogens is 550 g/mol. The average Bonchev–Trinajstić information content (AvgIpc) is 3.05. The van der Waals surface area contributed by atoms with E-state index in [9.17, 15) is 14.7 Å². The molecule has 8 nitrogen and oxygen atoms in total. The van der Waals surface area contributed by atoms with E-state index in [1.165, 1.54) is 27.9 Å². The molecule has 4 aromatic rings. The number of hydrogen-bond acceptors (Lipinski definition) is 6. The van der Waals surface area contributed by atoms with Gasteiger partial charge in [-0.25, -0.2) is 4.79 Å². The van der Waals surface area contributed by atoms with Gasteiger partial charge >= 0.3 is 6.03 Å². The number of aromatic nitrogens is 1. The van der Waals surface area contributed by atoms with Crippen LogP contribution >= 0.6 is 0 Å². The molecule has 1 aliphatic carbocycles. The van der Waals surface area contributed by atoms with E-state index in [0.29, 0.717) is 24.6 Å². The third-order valence-electron chi connectivity index (χ3n) is 9.43. The van der Waals surface area contributed by atoms with Crippen molar-refractivity contribution in [3.8, 4) is 5.75 Å². The number of nitrogens with zero attached hydrogens (tertiary/aromatic N) is 4. The number of pyridine rings is 1. The molecule has 2 N–H and O–H groups in total. The van der Waals surface area contributed by atoms with E-state index in [2.05, 4.69) is 80.8 Å². The molecule has 1 aromatic heterocycles. The summed E-state index contributed by atoms with van der Waals surface area (Å²) in [6, 6.07) is 27.4. The number of carbonyl (C=O) groups is 2. The first-order chi connectivity index (χ1) is 21.5. The topological polar surface area (TPSA) is 89.0 Å². The zero-order valence-corrected chi connectivity index (χ0v) is 24.7. The van der Waals surface area contributed by atoms with Crippen LogP contribution in [-0.4, -0.2) is 59.7 Å². The van der Waals surface area contributed by atoms with E-state index in [0.717, 1.165) is 56.8 Å². The van der Waals surface area contributed by atoms with Crippen LogP contribution in [0.5, 0.6) is 5.75 Å². The number of aryl methyl sites for hydroxylation is 1. The number of urea groups is 1. The summed E-state index contributed by atoms with van der Waals surface area (Å²) in [5.41, 5.74) is 8.26. The van der Waals surface area contributed by atoms with Crippen LogP contribution < -0.4 is 15.1 Å². The lowest BCUT2D eigenvalue weighted by atomic mass is 9.69. The molecule has 0 spiro atoms. The Bertz CT molecular complexity index is 1650. The first-order valence-electron chi connectivity index (χ1n) is 15.5. The summed E-state index contributed by atoms with van der Waals surface area (Å²) in [6.45, 7) is 4.73. The number of hydrogen-bond donors (Lipinski definition) is 2. The Labute approximate surface area is 257 Å². The van der Waals surface area contributed by atoms with Crippen LogP contribution in [0.2, 0.25) is 0 Å². The fraction of sp³-hybridized carbons (Fsp3) is 0.306. The number of aromatic hydroxyl groups is 1. The molecule has 224 valence electrons. The van der Waals surface area contributed by atoms with Gasteiger partial charge in [0.05, 0.1) is 11.9 Å². The van der Waals surface area contributed by atoms with Crippen molar-refractivity contribution in [3.63, 3.8) is 0 Å². The van der Waals surface area contributed by atoms with Crippen molar-refractivity contribution < 1.29 is 14.7 Å². The second kappa shape index (κ2) is 12.1. The molecule has 3 aliphatic rings. The Morgan fingerprint density at radius 3 is 2.41 bits per heavy atom. The van der Waals surface area contributed by atoms with Crippen molar-refractivity contribution in [2.75, 3.05) is 42.5 Å². The number of carbonyl (C=O) groups excluding carboxylic acids is 2. The largest absolute Gasteiger partial charge is 0.508 e. The van der Waals surface area contributed by atoms with Gasteiger partial charge in [-0.2, -0.15) is 0 Å². The molecule has 8 heteroatoms. The van der Waals surface area contributed by atoms with Crippen LogP contribution in [0.15, 0.2) is 91.3 Å². The van der Waals surface area contributed by atoms with Crippen molar-refractivity contribution in [3.05, 3.63) is 119 Å². The molecular formula is C36H37N5O3. The highest BCUT2D eigenvalue weighted by Crippen LogP contribution is 2.47. The summed E-state index contributed by atoms with van der Waals surface area (Å²) in [5.74, 6) is 0.726. The summed E-state index contributed by atoms with van der Waals surface area (Å²) in [4.78, 5) is 34.8. The quantitative estimate of drug-likeness (QED) is 0.313. The van der Waals surface area contributed by atoms with E-state index in [4.69, 9.17) is 0 Å². The Morgan fingerprint density at radius 1 is 0.841 bits per heavy atom. The molecule has 2 saturated heterocycles. The van der Waals surface area contributed by atoms with Crippen molar-refractivity contribution in [2.24, 2.45) is 0 Å². The van der Waals surface area contributed by atoms with Crippen LogP contribution in [0.1, 0.15) is 52.5 Å². The highest BCUT2D eigenvalue weighted by Gasteiger charge is 2.32. The Balaban J connectivity index is 1.05. The first kappa shape index (κ1) is 28.1. The van der Waals surface area contributed by atoms with Crippen LogP contribution in [0.25, 0.3) is 0 Å². The standard InChI is InChI=1S/C36H37N5O3/c42-30-11-13-32-27(22-30)8-12-31(25-4-2-1-3-5-25)35(32)26-6-9-29(10-7-26)40-20-18-39(19-21-40)24-28-14-16-37-23-33(28)41-17-15-34(43)38-36(41)44/h1-7,9-11,13-14,16,22-23,31,35,42H,8,12,15,17-21,24H2,(H,38,43,44)/t31-,35+/m0/s1. The summed E-state index contributed by atoms with van der Waals surface area (Å²) < 4.78 is 0. The smallest absolute Gasteiger partial charge is 0.328 e. The second-order valence-corrected chi connectivity index (χ2v) is 12.0. The van der Waals surface area contributed by atoms with Crippen molar-refractivity contribution in [1.29, 1.82) is 0 Å². The predicted molar refractivity (Wildman–Crippen MR) is 171 cm³/mol. The van der Waals surface area contributed by atoms with Gasteiger partial charge in [-0.05, 0) is 76.9 Å². The highest BCUT2D eigenvalue weighted by atomic mass is 16.3. The van der Waals surface area contributed by atoms with E-state index >= 15 is 0 Å². The van der Waals surface area contributed by atoms with Crippen molar-refractivity contribution in [2.45, 2.75) is 37.6 Å². The number of anilines is 2. The number of amides is 3. The second-order valence-electron chi connectivity index (χ2n) is 12.0. The number of piperazine rings is 1. The minimum Gasteiger partial charge on any atom is -0.508 e. The molecule has 44 heavy (non-hydrogen) atoms. The lowest BCUT2D eigenvalue weighted by molar-refractivity contribution is -0.120. The van der Waals surface area contributed by atoms with Gasteiger partial charge in [-0.3, -0.25) is 24.9 Å². The van der Waals surface area contributed by atoms with Gasteiger partial charge in [-0.15, -0.1) is 0 Å². The molecule has 2 atom stereocenters. The van der Waals surface area contributed by atoms with E-state index in [1.54, 1.807) is 17.3 Å². The van der Waals surface area contributed by atoms with Gasteiger partial charge in [0.1, 0.15) is 5.75 Å². The van der Waals surface area contributed by atoms with Crippen molar-refractivity contribution in [1.82, 2.24) is 15.2 Å². The third kappa shape index (κ3) is 5.65. The number of fused-ring (bicyclic) bond motifs is 1. The van der Waals surface area contributed by atoms with E-state index < -0.39 is 0 Å². The fourth-order valence-electron chi connectivity index (χ4n) is 7.16. The van der Waals surface area contributed by atoms with Gasteiger partial charge in [0.2, 0.25) is 5.91 Å². The van der Waals surface area contributed by atoms with Gasteiger partial charge in [0, 0.05) is 63.5 Å². The number of phenols is 1. The van der Waals surface area contributed by atoms with Crippen LogP contribution in [-0.2, 0) is 17.8 Å². The predicted octanol–water partition coefficient (Wildman–Crippen LogP) is 5.42. The summed E-state index contributed by atoms with van der Waals surface area (Å²) in [6.07, 6.45) is 5.79. The number of phenolic OH excluding ortho intramolecular Hbond substituents is 1. The van der Waals surface area contributed by atoms with Crippen LogP contribution in [0.4, 0.5) is 16.2 Å². The van der Waals surface area contributed by atoms with Crippen LogP contribution in [0, 0.1) is 0 Å². The Hall–Kier alpha value is -4.69.